The highest BCUT2D eigenvalue weighted by Crippen LogP contribution is 2.16. The molecule has 1 aliphatic carbocycles. The third-order valence-electron chi connectivity index (χ3n) is 2.04. The highest BCUT2D eigenvalue weighted by molar-refractivity contribution is 5.18. The Labute approximate surface area is 74.0 Å². The SMILES string of the molecule is CC1=CC=CC(CNCCO)C1. The summed E-state index contributed by atoms with van der Waals surface area (Å²) in [6, 6.07) is 0. The van der Waals surface area contributed by atoms with Crippen LogP contribution in [0.25, 0.3) is 0 Å². The Hall–Kier alpha value is -0.600. The summed E-state index contributed by atoms with van der Waals surface area (Å²) in [7, 11) is 0. The van der Waals surface area contributed by atoms with Crippen LogP contribution in [0, 0.1) is 5.92 Å². The fourth-order valence-corrected chi connectivity index (χ4v) is 1.43. The van der Waals surface area contributed by atoms with Crippen molar-refractivity contribution in [3.8, 4) is 0 Å². The Kier molecular flexibility index (Phi) is 4.05. The number of nitrogens with one attached hydrogen (secondary N) is 1. The van der Waals surface area contributed by atoms with Crippen molar-refractivity contribution in [1.82, 2.24) is 5.32 Å². The van der Waals surface area contributed by atoms with Crippen molar-refractivity contribution in [3.63, 3.8) is 0 Å². The summed E-state index contributed by atoms with van der Waals surface area (Å²) in [5.74, 6) is 0.613. The lowest BCUT2D eigenvalue weighted by molar-refractivity contribution is 0.290. The van der Waals surface area contributed by atoms with Gasteiger partial charge in [0.1, 0.15) is 0 Å². The fraction of sp³-hybridized carbons (Fsp3) is 0.600. The Morgan fingerprint density at radius 2 is 2.50 bits per heavy atom. The van der Waals surface area contributed by atoms with E-state index in [0.29, 0.717) is 12.5 Å². The lowest BCUT2D eigenvalue weighted by Gasteiger charge is -2.16. The highest BCUT2D eigenvalue weighted by atomic mass is 16.3. The maximum atomic E-state index is 8.56. The second-order valence-corrected chi connectivity index (χ2v) is 3.29. The Balaban J connectivity index is 2.18. The van der Waals surface area contributed by atoms with Crippen molar-refractivity contribution >= 4 is 0 Å². The molecule has 0 aromatic heterocycles. The summed E-state index contributed by atoms with van der Waals surface area (Å²) in [6.07, 6.45) is 7.64. The summed E-state index contributed by atoms with van der Waals surface area (Å²) in [4.78, 5) is 0. The van der Waals surface area contributed by atoms with Crippen molar-refractivity contribution in [2.24, 2.45) is 5.92 Å². The third kappa shape index (κ3) is 3.20. The summed E-state index contributed by atoms with van der Waals surface area (Å²) in [6.45, 7) is 4.06. The van der Waals surface area contributed by atoms with E-state index in [1.54, 1.807) is 0 Å². The molecule has 1 aliphatic rings. The maximum absolute atomic E-state index is 8.56. The van der Waals surface area contributed by atoms with Crippen LogP contribution in [0.4, 0.5) is 0 Å². The number of rotatable bonds is 4. The zero-order chi connectivity index (χ0) is 8.81. The van der Waals surface area contributed by atoms with E-state index in [-0.39, 0.29) is 6.61 Å². The first-order valence-electron chi connectivity index (χ1n) is 4.48. The average Bonchev–Trinajstić information content (AvgIpc) is 2.05. The molecule has 2 N–H and O–H groups in total. The first-order valence-corrected chi connectivity index (χ1v) is 4.48. The molecule has 0 amide bonds. The minimum absolute atomic E-state index is 0.227. The molecule has 0 bridgehead atoms. The molecule has 0 spiro atoms. The van der Waals surface area contributed by atoms with Crippen LogP contribution in [-0.2, 0) is 0 Å². The van der Waals surface area contributed by atoms with E-state index in [1.165, 1.54) is 5.57 Å². The first kappa shape index (κ1) is 9.49. The van der Waals surface area contributed by atoms with E-state index in [9.17, 15) is 0 Å². The number of allylic oxidation sites excluding steroid dienone is 3. The van der Waals surface area contributed by atoms with E-state index >= 15 is 0 Å². The molecule has 0 heterocycles. The second-order valence-electron chi connectivity index (χ2n) is 3.29. The van der Waals surface area contributed by atoms with Crippen LogP contribution in [0.5, 0.6) is 0 Å². The van der Waals surface area contributed by atoms with Crippen LogP contribution in [0.3, 0.4) is 0 Å². The number of hydrogen-bond acceptors (Lipinski definition) is 2. The second kappa shape index (κ2) is 5.12. The van der Waals surface area contributed by atoms with Gasteiger partial charge in [0.2, 0.25) is 0 Å². The molecular weight excluding hydrogens is 150 g/mol. The van der Waals surface area contributed by atoms with Crippen LogP contribution in [0.15, 0.2) is 23.8 Å². The van der Waals surface area contributed by atoms with E-state index in [2.05, 4.69) is 30.5 Å². The minimum Gasteiger partial charge on any atom is -0.395 e. The number of aliphatic hydroxyl groups excluding tert-OH is 1. The molecule has 0 aliphatic heterocycles. The van der Waals surface area contributed by atoms with Crippen molar-refractivity contribution in [1.29, 1.82) is 0 Å². The average molecular weight is 167 g/mol. The molecule has 0 aromatic carbocycles. The molecule has 0 saturated carbocycles. The molecule has 0 aromatic rings. The van der Waals surface area contributed by atoms with Crippen LogP contribution in [-0.4, -0.2) is 24.8 Å². The zero-order valence-electron chi connectivity index (χ0n) is 7.59. The normalized spacial score (nSPS) is 22.5. The number of aliphatic hydroxyl groups is 1. The van der Waals surface area contributed by atoms with Gasteiger partial charge in [-0.2, -0.15) is 0 Å². The predicted octanol–water partition coefficient (Wildman–Crippen LogP) is 1.09. The van der Waals surface area contributed by atoms with Crippen LogP contribution in [0.1, 0.15) is 13.3 Å². The molecular formula is C10H17NO. The van der Waals surface area contributed by atoms with E-state index in [1.807, 2.05) is 0 Å². The number of hydrogen-bond donors (Lipinski definition) is 2. The Bertz CT molecular complexity index is 184. The van der Waals surface area contributed by atoms with Gasteiger partial charge in [0, 0.05) is 13.1 Å². The molecule has 2 heteroatoms. The highest BCUT2D eigenvalue weighted by Gasteiger charge is 2.07. The lowest BCUT2D eigenvalue weighted by atomic mass is 9.95. The molecule has 0 fully saturated rings. The van der Waals surface area contributed by atoms with Gasteiger partial charge in [-0.05, 0) is 19.3 Å². The Morgan fingerprint density at radius 3 is 3.17 bits per heavy atom. The van der Waals surface area contributed by atoms with Crippen molar-refractivity contribution in [2.45, 2.75) is 13.3 Å². The van der Waals surface area contributed by atoms with Gasteiger partial charge >= 0.3 is 0 Å². The van der Waals surface area contributed by atoms with Gasteiger partial charge in [0.25, 0.3) is 0 Å². The van der Waals surface area contributed by atoms with Gasteiger partial charge in [-0.1, -0.05) is 23.8 Å². The molecule has 1 rings (SSSR count). The molecule has 1 atom stereocenters. The Morgan fingerprint density at radius 1 is 1.67 bits per heavy atom. The quantitative estimate of drug-likeness (QED) is 0.614. The van der Waals surface area contributed by atoms with Crippen molar-refractivity contribution in [2.75, 3.05) is 19.7 Å². The van der Waals surface area contributed by atoms with Gasteiger partial charge in [0.05, 0.1) is 6.61 Å². The van der Waals surface area contributed by atoms with Gasteiger partial charge in [-0.3, -0.25) is 0 Å². The van der Waals surface area contributed by atoms with E-state index < -0.39 is 0 Å². The first-order chi connectivity index (χ1) is 5.83. The predicted molar refractivity (Wildman–Crippen MR) is 51.0 cm³/mol. The van der Waals surface area contributed by atoms with E-state index in [0.717, 1.165) is 13.0 Å². The molecule has 0 saturated heterocycles. The standard InChI is InChI=1S/C10H17NO/c1-9-3-2-4-10(7-9)8-11-5-6-12/h2-4,10-12H,5-8H2,1H3. The minimum atomic E-state index is 0.227. The summed E-state index contributed by atoms with van der Waals surface area (Å²) >= 11 is 0. The van der Waals surface area contributed by atoms with Gasteiger partial charge < -0.3 is 10.4 Å². The van der Waals surface area contributed by atoms with Gasteiger partial charge in [-0.25, -0.2) is 0 Å². The van der Waals surface area contributed by atoms with Crippen molar-refractivity contribution < 1.29 is 5.11 Å². The third-order valence-corrected chi connectivity index (χ3v) is 2.04. The van der Waals surface area contributed by atoms with Crippen molar-refractivity contribution in [3.05, 3.63) is 23.8 Å². The van der Waals surface area contributed by atoms with Crippen LogP contribution >= 0.6 is 0 Å². The topological polar surface area (TPSA) is 32.3 Å². The van der Waals surface area contributed by atoms with E-state index in [4.69, 9.17) is 5.11 Å². The molecule has 0 radical (unpaired) electrons. The monoisotopic (exact) mass is 167 g/mol. The molecule has 2 nitrogen and oxygen atoms in total. The molecule has 1 unspecified atom stereocenters. The van der Waals surface area contributed by atoms with Crippen LogP contribution < -0.4 is 5.32 Å². The fourth-order valence-electron chi connectivity index (χ4n) is 1.43. The molecule has 68 valence electrons. The van der Waals surface area contributed by atoms with Gasteiger partial charge in [0.15, 0.2) is 0 Å². The van der Waals surface area contributed by atoms with Gasteiger partial charge in [-0.15, -0.1) is 0 Å². The maximum Gasteiger partial charge on any atom is 0.0555 e. The summed E-state index contributed by atoms with van der Waals surface area (Å²) < 4.78 is 0. The molecule has 12 heavy (non-hydrogen) atoms. The summed E-state index contributed by atoms with van der Waals surface area (Å²) in [5, 5.41) is 11.8. The smallest absolute Gasteiger partial charge is 0.0555 e. The summed E-state index contributed by atoms with van der Waals surface area (Å²) in [5.41, 5.74) is 1.44. The largest absolute Gasteiger partial charge is 0.395 e. The zero-order valence-corrected chi connectivity index (χ0v) is 7.59. The lowest BCUT2D eigenvalue weighted by Crippen LogP contribution is -2.25. The van der Waals surface area contributed by atoms with Crippen LogP contribution in [0.2, 0.25) is 0 Å².